The summed E-state index contributed by atoms with van der Waals surface area (Å²) >= 11 is 0. The second-order valence-corrected chi connectivity index (χ2v) is 5.16. The van der Waals surface area contributed by atoms with Gasteiger partial charge in [-0.3, -0.25) is 0 Å². The van der Waals surface area contributed by atoms with E-state index in [1.165, 1.54) is 0 Å². The SMILES string of the molecule is O=C(O)NC1CC2(CC(NCC(F)(F)F)C2)C1. The number of amides is 1. The van der Waals surface area contributed by atoms with E-state index in [2.05, 4.69) is 10.6 Å². The van der Waals surface area contributed by atoms with Crippen LogP contribution in [0.1, 0.15) is 25.7 Å². The van der Waals surface area contributed by atoms with Crippen LogP contribution in [-0.2, 0) is 0 Å². The molecule has 0 aromatic carbocycles. The standard InChI is InChI=1S/C10H15F3N2O2/c11-10(12,13)5-14-6-1-9(2-6)3-7(4-9)15-8(16)17/h6-7,14-15H,1-5H2,(H,16,17). The molecule has 2 rings (SSSR count). The fourth-order valence-electron chi connectivity index (χ4n) is 2.99. The van der Waals surface area contributed by atoms with Gasteiger partial charge < -0.3 is 15.7 Å². The van der Waals surface area contributed by atoms with Crippen LogP contribution < -0.4 is 10.6 Å². The highest BCUT2D eigenvalue weighted by Gasteiger charge is 2.53. The second-order valence-electron chi connectivity index (χ2n) is 5.16. The number of hydrogen-bond acceptors (Lipinski definition) is 2. The maximum absolute atomic E-state index is 11.9. The van der Waals surface area contributed by atoms with Gasteiger partial charge in [-0.25, -0.2) is 4.79 Å². The fraction of sp³-hybridized carbons (Fsp3) is 0.900. The van der Waals surface area contributed by atoms with Gasteiger partial charge in [-0.15, -0.1) is 0 Å². The number of carbonyl (C=O) groups is 1. The van der Waals surface area contributed by atoms with Gasteiger partial charge in [0.1, 0.15) is 0 Å². The van der Waals surface area contributed by atoms with E-state index in [1.54, 1.807) is 0 Å². The smallest absolute Gasteiger partial charge is 0.404 e. The van der Waals surface area contributed by atoms with Crippen LogP contribution in [0.25, 0.3) is 0 Å². The summed E-state index contributed by atoms with van der Waals surface area (Å²) in [5.74, 6) is 0. The molecule has 2 fully saturated rings. The first-order valence-electron chi connectivity index (χ1n) is 5.58. The van der Waals surface area contributed by atoms with Crippen molar-refractivity contribution >= 4 is 6.09 Å². The first-order chi connectivity index (χ1) is 7.78. The van der Waals surface area contributed by atoms with Gasteiger partial charge in [0.05, 0.1) is 6.54 Å². The Hall–Kier alpha value is -0.980. The monoisotopic (exact) mass is 252 g/mol. The Labute approximate surface area is 96.6 Å². The minimum atomic E-state index is -4.16. The van der Waals surface area contributed by atoms with Crippen molar-refractivity contribution in [2.75, 3.05) is 6.54 Å². The summed E-state index contributed by atoms with van der Waals surface area (Å²) in [6.07, 6.45) is -2.24. The molecule has 0 saturated heterocycles. The predicted molar refractivity (Wildman–Crippen MR) is 53.7 cm³/mol. The molecule has 2 aliphatic carbocycles. The van der Waals surface area contributed by atoms with Crippen LogP contribution in [-0.4, -0.2) is 36.0 Å². The van der Waals surface area contributed by atoms with Crippen LogP contribution in [0.4, 0.5) is 18.0 Å². The highest BCUT2D eigenvalue weighted by molar-refractivity contribution is 5.65. The topological polar surface area (TPSA) is 61.4 Å². The van der Waals surface area contributed by atoms with Crippen molar-refractivity contribution in [1.29, 1.82) is 0 Å². The molecule has 17 heavy (non-hydrogen) atoms. The summed E-state index contributed by atoms with van der Waals surface area (Å²) in [6, 6.07) is -0.0848. The predicted octanol–water partition coefficient (Wildman–Crippen LogP) is 1.72. The van der Waals surface area contributed by atoms with Gasteiger partial charge in [0.2, 0.25) is 0 Å². The van der Waals surface area contributed by atoms with E-state index in [-0.39, 0.29) is 17.5 Å². The Kier molecular flexibility index (Phi) is 2.97. The number of hydrogen-bond donors (Lipinski definition) is 3. The lowest BCUT2D eigenvalue weighted by Gasteiger charge is -2.57. The molecule has 0 aromatic heterocycles. The average Bonchev–Trinajstić information content (AvgIpc) is 2.02. The summed E-state index contributed by atoms with van der Waals surface area (Å²) in [5, 5.41) is 13.4. The van der Waals surface area contributed by atoms with Crippen LogP contribution in [0, 0.1) is 5.41 Å². The van der Waals surface area contributed by atoms with E-state index >= 15 is 0 Å². The molecule has 0 aromatic rings. The Balaban J connectivity index is 1.62. The molecule has 3 N–H and O–H groups in total. The van der Waals surface area contributed by atoms with Gasteiger partial charge in [0.15, 0.2) is 0 Å². The number of alkyl halides is 3. The van der Waals surface area contributed by atoms with Crippen molar-refractivity contribution in [3.05, 3.63) is 0 Å². The van der Waals surface area contributed by atoms with Crippen molar-refractivity contribution in [2.24, 2.45) is 5.41 Å². The molecular weight excluding hydrogens is 237 g/mol. The Morgan fingerprint density at radius 1 is 1.24 bits per heavy atom. The lowest BCUT2D eigenvalue weighted by atomic mass is 9.52. The van der Waals surface area contributed by atoms with Gasteiger partial charge in [0, 0.05) is 12.1 Å². The minimum Gasteiger partial charge on any atom is -0.465 e. The summed E-state index contributed by atoms with van der Waals surface area (Å²) in [4.78, 5) is 10.3. The molecule has 0 atom stereocenters. The van der Waals surface area contributed by atoms with Crippen LogP contribution in [0.5, 0.6) is 0 Å². The van der Waals surface area contributed by atoms with E-state index in [9.17, 15) is 18.0 Å². The van der Waals surface area contributed by atoms with E-state index < -0.39 is 18.8 Å². The van der Waals surface area contributed by atoms with E-state index in [1.807, 2.05) is 0 Å². The molecule has 0 unspecified atom stereocenters. The molecule has 1 amide bonds. The Bertz CT molecular complexity index is 305. The molecule has 7 heteroatoms. The lowest BCUT2D eigenvalue weighted by Crippen LogP contribution is -2.61. The zero-order chi connectivity index (χ0) is 12.7. The van der Waals surface area contributed by atoms with Gasteiger partial charge in [-0.2, -0.15) is 13.2 Å². The van der Waals surface area contributed by atoms with Gasteiger partial charge >= 0.3 is 12.3 Å². The highest BCUT2D eigenvalue weighted by atomic mass is 19.4. The first kappa shape index (κ1) is 12.5. The molecule has 0 bridgehead atoms. The van der Waals surface area contributed by atoms with E-state index in [0.717, 1.165) is 25.7 Å². The second kappa shape index (κ2) is 4.04. The molecule has 1 spiro atoms. The van der Waals surface area contributed by atoms with Gasteiger partial charge in [0.25, 0.3) is 0 Å². The molecule has 0 radical (unpaired) electrons. The molecule has 2 saturated carbocycles. The summed E-state index contributed by atoms with van der Waals surface area (Å²) < 4.78 is 35.8. The normalized spacial score (nSPS) is 36.2. The van der Waals surface area contributed by atoms with Crippen molar-refractivity contribution in [1.82, 2.24) is 10.6 Å². The van der Waals surface area contributed by atoms with Crippen LogP contribution >= 0.6 is 0 Å². The van der Waals surface area contributed by atoms with E-state index in [4.69, 9.17) is 5.11 Å². The van der Waals surface area contributed by atoms with Crippen LogP contribution in [0.3, 0.4) is 0 Å². The average molecular weight is 252 g/mol. The third-order valence-electron chi connectivity index (χ3n) is 3.64. The third kappa shape index (κ3) is 3.02. The minimum absolute atomic E-state index is 0.0175. The largest absolute Gasteiger partial charge is 0.465 e. The van der Waals surface area contributed by atoms with Crippen LogP contribution in [0.15, 0.2) is 0 Å². The van der Waals surface area contributed by atoms with E-state index in [0.29, 0.717) is 0 Å². The lowest BCUT2D eigenvalue weighted by molar-refractivity contribution is -0.132. The zero-order valence-electron chi connectivity index (χ0n) is 9.18. The highest BCUT2D eigenvalue weighted by Crippen LogP contribution is 2.55. The quantitative estimate of drug-likeness (QED) is 0.716. The van der Waals surface area contributed by atoms with Crippen LogP contribution in [0.2, 0.25) is 0 Å². The molecule has 98 valence electrons. The van der Waals surface area contributed by atoms with Gasteiger partial charge in [-0.1, -0.05) is 0 Å². The molecule has 4 nitrogen and oxygen atoms in total. The molecular formula is C10H15F3N2O2. The molecule has 2 aliphatic rings. The number of rotatable bonds is 3. The van der Waals surface area contributed by atoms with Crippen molar-refractivity contribution in [3.8, 4) is 0 Å². The van der Waals surface area contributed by atoms with Crippen molar-refractivity contribution in [2.45, 2.75) is 43.9 Å². The zero-order valence-corrected chi connectivity index (χ0v) is 9.18. The van der Waals surface area contributed by atoms with Gasteiger partial charge in [-0.05, 0) is 31.1 Å². The molecule has 0 aliphatic heterocycles. The maximum Gasteiger partial charge on any atom is 0.404 e. The molecule has 0 heterocycles. The Morgan fingerprint density at radius 2 is 1.76 bits per heavy atom. The van der Waals surface area contributed by atoms with Crippen molar-refractivity contribution in [3.63, 3.8) is 0 Å². The number of halogens is 3. The number of carboxylic acid groups (broad SMARTS) is 1. The first-order valence-corrected chi connectivity index (χ1v) is 5.58. The summed E-state index contributed by atoms with van der Waals surface area (Å²) in [5.41, 5.74) is 0.0936. The number of nitrogens with one attached hydrogen (secondary N) is 2. The maximum atomic E-state index is 11.9. The van der Waals surface area contributed by atoms with Crippen molar-refractivity contribution < 1.29 is 23.1 Å². The fourth-order valence-corrected chi connectivity index (χ4v) is 2.99. The summed E-state index contributed by atoms with van der Waals surface area (Å²) in [6.45, 7) is -0.940. The Morgan fingerprint density at radius 3 is 2.24 bits per heavy atom. The third-order valence-corrected chi connectivity index (χ3v) is 3.64. The summed E-state index contributed by atoms with van der Waals surface area (Å²) in [7, 11) is 0.